The number of nitrogens with one attached hydrogen (secondary N) is 3. The number of rotatable bonds is 4. The molecule has 2 atom stereocenters. The zero-order valence-electron chi connectivity index (χ0n) is 15.1. The van der Waals surface area contributed by atoms with E-state index in [1.165, 1.54) is 6.92 Å². The molecule has 0 aromatic heterocycles. The Morgan fingerprint density at radius 1 is 1.04 bits per heavy atom. The first-order valence-corrected chi connectivity index (χ1v) is 10.5. The standard InChI is InChI=1S/C19H23N3O3S.ClH/c1-12(23)20-18-8-9-19(17-5-3-2-4-16(17)18)26(24,25)22-15-10-13-6-7-14(11-15)21-13;/h2-5,8-9,13-15,21-22H,6-7,10-11H2,1H3,(H,20,23);1H. The molecule has 146 valence electrons. The Morgan fingerprint density at radius 2 is 1.67 bits per heavy atom. The molecule has 0 radical (unpaired) electrons. The van der Waals surface area contributed by atoms with E-state index >= 15 is 0 Å². The van der Waals surface area contributed by atoms with Gasteiger partial charge in [0, 0.05) is 41.5 Å². The highest BCUT2D eigenvalue weighted by atomic mass is 35.5. The highest BCUT2D eigenvalue weighted by molar-refractivity contribution is 7.89. The summed E-state index contributed by atoms with van der Waals surface area (Å²) in [6, 6.07) is 11.3. The molecule has 0 saturated carbocycles. The van der Waals surface area contributed by atoms with Gasteiger partial charge in [-0.15, -0.1) is 12.4 Å². The lowest BCUT2D eigenvalue weighted by Gasteiger charge is -2.29. The SMILES string of the molecule is CC(=O)Nc1ccc(S(=O)(=O)NC2CC3CCC(C2)N3)c2ccccc12.Cl. The number of hydrogen-bond donors (Lipinski definition) is 3. The van der Waals surface area contributed by atoms with Gasteiger partial charge in [0.2, 0.25) is 15.9 Å². The fourth-order valence-corrected chi connectivity index (χ4v) is 5.71. The van der Waals surface area contributed by atoms with Gasteiger partial charge in [0.05, 0.1) is 4.90 Å². The van der Waals surface area contributed by atoms with E-state index in [0.29, 0.717) is 23.2 Å². The Kier molecular flexibility index (Phi) is 5.76. The minimum atomic E-state index is -3.64. The molecule has 3 N–H and O–H groups in total. The van der Waals surface area contributed by atoms with Gasteiger partial charge in [-0.1, -0.05) is 24.3 Å². The molecular weight excluding hydrogens is 386 g/mol. The van der Waals surface area contributed by atoms with Crippen LogP contribution in [0.5, 0.6) is 0 Å². The highest BCUT2D eigenvalue weighted by Gasteiger charge is 2.35. The van der Waals surface area contributed by atoms with Crippen LogP contribution in [0, 0.1) is 0 Å². The maximum absolute atomic E-state index is 13.1. The van der Waals surface area contributed by atoms with Gasteiger partial charge in [-0.3, -0.25) is 4.79 Å². The van der Waals surface area contributed by atoms with Crippen molar-refractivity contribution in [1.82, 2.24) is 10.0 Å². The lowest BCUT2D eigenvalue weighted by atomic mass is 10.0. The number of carbonyl (C=O) groups excluding carboxylic acids is 1. The quantitative estimate of drug-likeness (QED) is 0.724. The van der Waals surface area contributed by atoms with Crippen molar-refractivity contribution in [2.24, 2.45) is 0 Å². The van der Waals surface area contributed by atoms with E-state index in [4.69, 9.17) is 0 Å². The van der Waals surface area contributed by atoms with Gasteiger partial charge in [0.25, 0.3) is 0 Å². The van der Waals surface area contributed by atoms with Crippen molar-refractivity contribution in [2.45, 2.75) is 55.6 Å². The Bertz CT molecular complexity index is 952. The Hall–Kier alpha value is -1.67. The lowest BCUT2D eigenvalue weighted by Crippen LogP contribution is -2.47. The Labute approximate surface area is 165 Å². The van der Waals surface area contributed by atoms with Crippen LogP contribution in [0.1, 0.15) is 32.6 Å². The molecule has 2 aliphatic heterocycles. The fourth-order valence-electron chi connectivity index (χ4n) is 4.24. The van der Waals surface area contributed by atoms with E-state index in [1.54, 1.807) is 18.2 Å². The maximum atomic E-state index is 13.1. The van der Waals surface area contributed by atoms with Crippen LogP contribution in [0.15, 0.2) is 41.3 Å². The van der Waals surface area contributed by atoms with Gasteiger partial charge in [-0.25, -0.2) is 13.1 Å². The molecule has 1 amide bonds. The van der Waals surface area contributed by atoms with Crippen molar-refractivity contribution in [3.63, 3.8) is 0 Å². The molecule has 2 unspecified atom stereocenters. The summed E-state index contributed by atoms with van der Waals surface area (Å²) in [7, 11) is -3.64. The van der Waals surface area contributed by atoms with Crippen molar-refractivity contribution in [3.8, 4) is 0 Å². The molecule has 2 aliphatic rings. The number of fused-ring (bicyclic) bond motifs is 3. The monoisotopic (exact) mass is 409 g/mol. The van der Waals surface area contributed by atoms with Crippen LogP contribution in [0.25, 0.3) is 10.8 Å². The predicted octanol–water partition coefficient (Wildman–Crippen LogP) is 2.78. The number of anilines is 1. The van der Waals surface area contributed by atoms with Crippen LogP contribution >= 0.6 is 12.4 Å². The summed E-state index contributed by atoms with van der Waals surface area (Å²) in [4.78, 5) is 11.7. The fraction of sp³-hybridized carbons (Fsp3) is 0.421. The number of halogens is 1. The van der Waals surface area contributed by atoms with Crippen LogP contribution in [-0.4, -0.2) is 32.5 Å². The van der Waals surface area contributed by atoms with Gasteiger partial charge in [-0.2, -0.15) is 0 Å². The van der Waals surface area contributed by atoms with Crippen molar-refractivity contribution in [1.29, 1.82) is 0 Å². The molecule has 8 heteroatoms. The second-order valence-electron chi connectivity index (χ2n) is 7.27. The smallest absolute Gasteiger partial charge is 0.241 e. The molecule has 2 saturated heterocycles. The molecule has 2 bridgehead atoms. The van der Waals surface area contributed by atoms with E-state index in [-0.39, 0.29) is 29.3 Å². The van der Waals surface area contributed by atoms with Gasteiger partial charge >= 0.3 is 0 Å². The van der Waals surface area contributed by atoms with E-state index in [1.807, 2.05) is 18.2 Å². The number of hydrogen-bond acceptors (Lipinski definition) is 4. The summed E-state index contributed by atoms with van der Waals surface area (Å²) in [6.45, 7) is 1.44. The van der Waals surface area contributed by atoms with Crippen molar-refractivity contribution < 1.29 is 13.2 Å². The van der Waals surface area contributed by atoms with Crippen LogP contribution in [0.3, 0.4) is 0 Å². The number of amides is 1. The molecule has 0 spiro atoms. The van der Waals surface area contributed by atoms with Crippen LogP contribution in [-0.2, 0) is 14.8 Å². The molecule has 0 aliphatic carbocycles. The van der Waals surface area contributed by atoms with E-state index in [0.717, 1.165) is 31.1 Å². The van der Waals surface area contributed by atoms with Gasteiger partial charge in [0.1, 0.15) is 0 Å². The third-order valence-electron chi connectivity index (χ3n) is 5.28. The predicted molar refractivity (Wildman–Crippen MR) is 109 cm³/mol. The summed E-state index contributed by atoms with van der Waals surface area (Å²) in [5.74, 6) is -0.186. The Morgan fingerprint density at radius 3 is 2.30 bits per heavy atom. The second kappa shape index (κ2) is 7.75. The highest BCUT2D eigenvalue weighted by Crippen LogP contribution is 2.31. The van der Waals surface area contributed by atoms with Crippen molar-refractivity contribution >= 4 is 44.8 Å². The third kappa shape index (κ3) is 4.11. The van der Waals surface area contributed by atoms with E-state index < -0.39 is 10.0 Å². The van der Waals surface area contributed by atoms with Crippen LogP contribution in [0.2, 0.25) is 0 Å². The first-order valence-electron chi connectivity index (χ1n) is 9.00. The van der Waals surface area contributed by atoms with Crippen LogP contribution in [0.4, 0.5) is 5.69 Å². The summed E-state index contributed by atoms with van der Waals surface area (Å²) < 4.78 is 29.0. The Balaban J connectivity index is 0.00000210. The normalized spacial score (nSPS) is 24.4. The molecule has 2 heterocycles. The summed E-state index contributed by atoms with van der Waals surface area (Å²) >= 11 is 0. The topological polar surface area (TPSA) is 87.3 Å². The molecular formula is C19H24ClN3O3S. The molecule has 2 aromatic rings. The number of benzene rings is 2. The van der Waals surface area contributed by atoms with E-state index in [2.05, 4.69) is 15.4 Å². The summed E-state index contributed by atoms with van der Waals surface area (Å²) in [6.07, 6.45) is 3.91. The van der Waals surface area contributed by atoms with Gasteiger partial charge in [-0.05, 0) is 37.8 Å². The van der Waals surface area contributed by atoms with Crippen molar-refractivity contribution in [2.75, 3.05) is 5.32 Å². The minimum absolute atomic E-state index is 0. The largest absolute Gasteiger partial charge is 0.326 e. The molecule has 6 nitrogen and oxygen atoms in total. The molecule has 2 fully saturated rings. The van der Waals surface area contributed by atoms with Crippen LogP contribution < -0.4 is 15.4 Å². The average Bonchev–Trinajstić information content (AvgIpc) is 2.92. The molecule has 27 heavy (non-hydrogen) atoms. The average molecular weight is 410 g/mol. The van der Waals surface area contributed by atoms with Gasteiger partial charge < -0.3 is 10.6 Å². The number of piperidine rings is 1. The third-order valence-corrected chi connectivity index (χ3v) is 6.86. The van der Waals surface area contributed by atoms with Gasteiger partial charge in [0.15, 0.2) is 0 Å². The zero-order valence-corrected chi connectivity index (χ0v) is 16.7. The second-order valence-corrected chi connectivity index (χ2v) is 8.95. The lowest BCUT2D eigenvalue weighted by molar-refractivity contribution is -0.114. The first kappa shape index (κ1) is 20.1. The summed E-state index contributed by atoms with van der Waals surface area (Å²) in [5, 5.41) is 7.62. The zero-order chi connectivity index (χ0) is 18.3. The molecule has 4 rings (SSSR count). The number of sulfonamides is 1. The van der Waals surface area contributed by atoms with Crippen molar-refractivity contribution in [3.05, 3.63) is 36.4 Å². The number of carbonyl (C=O) groups is 1. The first-order chi connectivity index (χ1) is 12.4. The minimum Gasteiger partial charge on any atom is -0.326 e. The molecule has 2 aromatic carbocycles. The van der Waals surface area contributed by atoms with E-state index in [9.17, 15) is 13.2 Å². The maximum Gasteiger partial charge on any atom is 0.241 e. The summed E-state index contributed by atoms with van der Waals surface area (Å²) in [5.41, 5.74) is 0.618.